The van der Waals surface area contributed by atoms with Crippen LogP contribution >= 0.6 is 0 Å². The normalized spacial score (nSPS) is 22.6. The molecule has 0 aromatic rings. The monoisotopic (exact) mass is 241 g/mol. The molecule has 0 radical (unpaired) electrons. The molecule has 2 unspecified atom stereocenters. The first-order chi connectivity index (χ1) is 8.13. The number of carbonyl (C=O) groups is 1. The predicted molar refractivity (Wildman–Crippen MR) is 71.0 cm³/mol. The summed E-state index contributed by atoms with van der Waals surface area (Å²) in [5, 5.41) is 6.29. The molecule has 1 heterocycles. The van der Waals surface area contributed by atoms with E-state index in [2.05, 4.69) is 29.5 Å². The predicted octanol–water partition coefficient (Wildman–Crippen LogP) is 0.833. The molecule has 1 aliphatic heterocycles. The summed E-state index contributed by atoms with van der Waals surface area (Å²) in [5.74, 6) is 0.829. The van der Waals surface area contributed by atoms with E-state index in [1.165, 1.54) is 13.0 Å². The summed E-state index contributed by atoms with van der Waals surface area (Å²) in [6, 6.07) is -0.0715. The molecule has 4 nitrogen and oxygen atoms in total. The van der Waals surface area contributed by atoms with Crippen molar-refractivity contribution in [2.24, 2.45) is 5.92 Å². The second-order valence-corrected chi connectivity index (χ2v) is 5.19. The van der Waals surface area contributed by atoms with Crippen LogP contribution in [-0.2, 0) is 4.79 Å². The fraction of sp³-hybridized carbons (Fsp3) is 0.923. The first-order valence-corrected chi connectivity index (χ1v) is 6.83. The van der Waals surface area contributed by atoms with Gasteiger partial charge in [-0.1, -0.05) is 13.3 Å². The molecule has 0 aromatic carbocycles. The minimum atomic E-state index is -0.0715. The van der Waals surface area contributed by atoms with Gasteiger partial charge in [0.25, 0.3) is 0 Å². The van der Waals surface area contributed by atoms with Crippen LogP contribution in [-0.4, -0.2) is 50.1 Å². The molecular weight excluding hydrogens is 214 g/mol. The lowest BCUT2D eigenvalue weighted by Crippen LogP contribution is -2.44. The summed E-state index contributed by atoms with van der Waals surface area (Å²) in [7, 11) is 2.15. The van der Waals surface area contributed by atoms with Gasteiger partial charge in [-0.2, -0.15) is 0 Å². The van der Waals surface area contributed by atoms with Crippen LogP contribution in [0.2, 0.25) is 0 Å². The van der Waals surface area contributed by atoms with Crippen LogP contribution in [0.1, 0.15) is 33.1 Å². The van der Waals surface area contributed by atoms with Gasteiger partial charge in [0.1, 0.15) is 0 Å². The van der Waals surface area contributed by atoms with E-state index in [0.717, 1.165) is 32.5 Å². The zero-order valence-corrected chi connectivity index (χ0v) is 11.5. The Balaban J connectivity index is 2.11. The molecule has 1 fully saturated rings. The molecule has 0 saturated carbocycles. The molecule has 2 N–H and O–H groups in total. The number of hydrogen-bond donors (Lipinski definition) is 2. The fourth-order valence-electron chi connectivity index (χ4n) is 2.17. The molecule has 1 saturated heterocycles. The molecule has 0 spiro atoms. The van der Waals surface area contributed by atoms with Gasteiger partial charge < -0.3 is 15.5 Å². The van der Waals surface area contributed by atoms with Crippen molar-refractivity contribution in [2.45, 2.75) is 39.2 Å². The van der Waals surface area contributed by atoms with E-state index in [1.54, 1.807) is 0 Å². The number of nitrogens with one attached hydrogen (secondary N) is 2. The van der Waals surface area contributed by atoms with E-state index >= 15 is 0 Å². The number of unbranched alkanes of at least 4 members (excludes halogenated alkanes) is 1. The Morgan fingerprint density at radius 1 is 1.53 bits per heavy atom. The van der Waals surface area contributed by atoms with Crippen LogP contribution in [0, 0.1) is 5.92 Å². The van der Waals surface area contributed by atoms with Crippen molar-refractivity contribution >= 4 is 5.91 Å². The van der Waals surface area contributed by atoms with E-state index in [9.17, 15) is 4.79 Å². The number of carbonyl (C=O) groups excluding carboxylic acids is 1. The van der Waals surface area contributed by atoms with Crippen molar-refractivity contribution in [1.82, 2.24) is 15.5 Å². The lowest BCUT2D eigenvalue weighted by molar-refractivity contribution is -0.122. The Morgan fingerprint density at radius 2 is 2.29 bits per heavy atom. The largest absolute Gasteiger partial charge is 0.355 e. The van der Waals surface area contributed by atoms with Crippen LogP contribution in [0.15, 0.2) is 0 Å². The standard InChI is InChI=1S/C13H27N3O/c1-4-5-7-14-13(17)11(2)15-9-12-6-8-16(3)10-12/h11-12,15H,4-10H2,1-3H3,(H,14,17). The van der Waals surface area contributed by atoms with E-state index in [1.807, 2.05) is 6.92 Å². The number of amides is 1. The number of rotatable bonds is 7. The van der Waals surface area contributed by atoms with Crippen LogP contribution in [0.25, 0.3) is 0 Å². The lowest BCUT2D eigenvalue weighted by atomic mass is 10.1. The minimum absolute atomic E-state index is 0.0715. The van der Waals surface area contributed by atoms with E-state index in [-0.39, 0.29) is 11.9 Å². The van der Waals surface area contributed by atoms with Crippen molar-refractivity contribution in [2.75, 3.05) is 33.2 Å². The summed E-state index contributed by atoms with van der Waals surface area (Å²) in [4.78, 5) is 14.0. The van der Waals surface area contributed by atoms with Crippen molar-refractivity contribution in [3.05, 3.63) is 0 Å². The Morgan fingerprint density at radius 3 is 2.88 bits per heavy atom. The van der Waals surface area contributed by atoms with Gasteiger partial charge in [-0.05, 0) is 45.8 Å². The summed E-state index contributed by atoms with van der Waals surface area (Å²) in [6.45, 7) is 8.16. The summed E-state index contributed by atoms with van der Waals surface area (Å²) < 4.78 is 0. The van der Waals surface area contributed by atoms with Crippen molar-refractivity contribution in [1.29, 1.82) is 0 Å². The first kappa shape index (κ1) is 14.5. The molecular formula is C13H27N3O. The highest BCUT2D eigenvalue weighted by molar-refractivity contribution is 5.81. The molecule has 1 aliphatic rings. The molecule has 0 aliphatic carbocycles. The first-order valence-electron chi connectivity index (χ1n) is 6.83. The van der Waals surface area contributed by atoms with Crippen molar-refractivity contribution in [3.8, 4) is 0 Å². The number of likely N-dealkylation sites (tertiary alicyclic amines) is 1. The Labute approximate surface area is 105 Å². The zero-order valence-electron chi connectivity index (χ0n) is 11.5. The SMILES string of the molecule is CCCCNC(=O)C(C)NCC1CCN(C)C1. The van der Waals surface area contributed by atoms with Crippen LogP contribution in [0.3, 0.4) is 0 Å². The zero-order chi connectivity index (χ0) is 12.7. The third-order valence-electron chi connectivity index (χ3n) is 3.42. The van der Waals surface area contributed by atoms with Gasteiger partial charge in [-0.3, -0.25) is 4.79 Å². The third kappa shape index (κ3) is 5.50. The number of nitrogens with zero attached hydrogens (tertiary/aromatic N) is 1. The van der Waals surface area contributed by atoms with E-state index < -0.39 is 0 Å². The molecule has 1 amide bonds. The highest BCUT2D eigenvalue weighted by Crippen LogP contribution is 2.12. The maximum Gasteiger partial charge on any atom is 0.236 e. The molecule has 1 rings (SSSR count). The Kier molecular flexibility index (Phi) is 6.52. The van der Waals surface area contributed by atoms with Gasteiger partial charge in [0, 0.05) is 13.1 Å². The molecule has 100 valence electrons. The van der Waals surface area contributed by atoms with Gasteiger partial charge in [-0.15, -0.1) is 0 Å². The molecule has 0 aromatic heterocycles. The molecule has 4 heteroatoms. The van der Waals surface area contributed by atoms with Gasteiger partial charge >= 0.3 is 0 Å². The minimum Gasteiger partial charge on any atom is -0.355 e. The average molecular weight is 241 g/mol. The van der Waals surface area contributed by atoms with Crippen LogP contribution in [0.4, 0.5) is 0 Å². The van der Waals surface area contributed by atoms with Crippen molar-refractivity contribution in [3.63, 3.8) is 0 Å². The second kappa shape index (κ2) is 7.67. The highest BCUT2D eigenvalue weighted by Gasteiger charge is 2.20. The van der Waals surface area contributed by atoms with Crippen LogP contribution < -0.4 is 10.6 Å². The van der Waals surface area contributed by atoms with Crippen molar-refractivity contribution < 1.29 is 4.79 Å². The maximum absolute atomic E-state index is 11.7. The number of hydrogen-bond acceptors (Lipinski definition) is 3. The van der Waals surface area contributed by atoms with Gasteiger partial charge in [-0.25, -0.2) is 0 Å². The fourth-order valence-corrected chi connectivity index (χ4v) is 2.17. The molecule has 0 bridgehead atoms. The lowest BCUT2D eigenvalue weighted by Gasteiger charge is -2.17. The average Bonchev–Trinajstić information content (AvgIpc) is 2.72. The van der Waals surface area contributed by atoms with Gasteiger partial charge in [0.05, 0.1) is 6.04 Å². The Hall–Kier alpha value is -0.610. The van der Waals surface area contributed by atoms with Gasteiger partial charge in [0.15, 0.2) is 0 Å². The Bertz CT molecular complexity index is 233. The van der Waals surface area contributed by atoms with Gasteiger partial charge in [0.2, 0.25) is 5.91 Å². The summed E-state index contributed by atoms with van der Waals surface area (Å²) >= 11 is 0. The summed E-state index contributed by atoms with van der Waals surface area (Å²) in [5.41, 5.74) is 0. The van der Waals surface area contributed by atoms with Crippen LogP contribution in [0.5, 0.6) is 0 Å². The van der Waals surface area contributed by atoms with E-state index in [0.29, 0.717) is 5.92 Å². The smallest absolute Gasteiger partial charge is 0.236 e. The topological polar surface area (TPSA) is 44.4 Å². The summed E-state index contributed by atoms with van der Waals surface area (Å²) in [6.07, 6.45) is 3.43. The third-order valence-corrected chi connectivity index (χ3v) is 3.42. The van der Waals surface area contributed by atoms with E-state index in [4.69, 9.17) is 0 Å². The molecule has 2 atom stereocenters. The quantitative estimate of drug-likeness (QED) is 0.649. The second-order valence-electron chi connectivity index (χ2n) is 5.19. The maximum atomic E-state index is 11.7. The highest BCUT2D eigenvalue weighted by atomic mass is 16.2. The molecule has 17 heavy (non-hydrogen) atoms.